The molecule has 0 saturated carbocycles. The highest BCUT2D eigenvalue weighted by Gasteiger charge is 2.22. The third kappa shape index (κ3) is 3.97. The lowest BCUT2D eigenvalue weighted by Gasteiger charge is -2.15. The lowest BCUT2D eigenvalue weighted by molar-refractivity contribution is -0.128. The van der Waals surface area contributed by atoms with Crippen LogP contribution in [-0.2, 0) is 16.0 Å². The standard InChI is InChI=1S/C17H20N4O2/c22-16(20-15-4-1-2-9-18-17(15)23)12-13-5-7-14(8-6-13)21-11-3-10-19-21/h3,5-8,10-11,15H,1-2,4,9,12H2,(H,18,23)(H,20,22)/t15-/m0/s1. The van der Waals surface area contributed by atoms with Gasteiger partial charge in [0.15, 0.2) is 0 Å². The van der Waals surface area contributed by atoms with Crippen LogP contribution in [0.15, 0.2) is 42.7 Å². The molecule has 1 aliphatic rings. The van der Waals surface area contributed by atoms with Crippen LogP contribution in [0, 0.1) is 0 Å². The van der Waals surface area contributed by atoms with Crippen molar-refractivity contribution in [2.45, 2.75) is 31.7 Å². The molecule has 1 aliphatic heterocycles. The fourth-order valence-electron chi connectivity index (χ4n) is 2.70. The van der Waals surface area contributed by atoms with Crippen molar-refractivity contribution in [1.82, 2.24) is 20.4 Å². The van der Waals surface area contributed by atoms with Gasteiger partial charge < -0.3 is 10.6 Å². The zero-order chi connectivity index (χ0) is 16.1. The van der Waals surface area contributed by atoms with Gasteiger partial charge in [-0.3, -0.25) is 9.59 Å². The number of aromatic nitrogens is 2. The lowest BCUT2D eigenvalue weighted by Crippen LogP contribution is -2.45. The first kappa shape index (κ1) is 15.3. The molecule has 0 unspecified atom stereocenters. The Balaban J connectivity index is 1.58. The third-order valence-corrected chi connectivity index (χ3v) is 3.94. The van der Waals surface area contributed by atoms with Crippen LogP contribution in [0.5, 0.6) is 0 Å². The summed E-state index contributed by atoms with van der Waals surface area (Å²) in [6.45, 7) is 0.695. The topological polar surface area (TPSA) is 76.0 Å². The van der Waals surface area contributed by atoms with Gasteiger partial charge in [-0.05, 0) is 43.0 Å². The molecule has 2 aromatic rings. The van der Waals surface area contributed by atoms with E-state index >= 15 is 0 Å². The number of amides is 2. The molecule has 23 heavy (non-hydrogen) atoms. The largest absolute Gasteiger partial charge is 0.354 e. The van der Waals surface area contributed by atoms with E-state index in [4.69, 9.17) is 0 Å². The Hall–Kier alpha value is -2.63. The summed E-state index contributed by atoms with van der Waals surface area (Å²) < 4.78 is 1.76. The quantitative estimate of drug-likeness (QED) is 0.890. The number of carbonyl (C=O) groups is 2. The molecule has 0 spiro atoms. The number of rotatable bonds is 4. The monoisotopic (exact) mass is 312 g/mol. The molecule has 2 N–H and O–H groups in total. The van der Waals surface area contributed by atoms with Gasteiger partial charge in [0.1, 0.15) is 6.04 Å². The molecule has 0 aliphatic carbocycles. The number of benzene rings is 1. The number of hydrogen-bond acceptors (Lipinski definition) is 3. The first-order valence-electron chi connectivity index (χ1n) is 7.88. The van der Waals surface area contributed by atoms with Gasteiger partial charge in [-0.15, -0.1) is 0 Å². The summed E-state index contributed by atoms with van der Waals surface area (Å²) in [5.74, 6) is -0.205. The third-order valence-electron chi connectivity index (χ3n) is 3.94. The van der Waals surface area contributed by atoms with Crippen molar-refractivity contribution in [1.29, 1.82) is 0 Å². The van der Waals surface area contributed by atoms with Crippen LogP contribution in [0.4, 0.5) is 0 Å². The maximum Gasteiger partial charge on any atom is 0.242 e. The average molecular weight is 312 g/mol. The van der Waals surface area contributed by atoms with Gasteiger partial charge in [-0.25, -0.2) is 4.68 Å². The van der Waals surface area contributed by atoms with E-state index in [1.807, 2.05) is 36.5 Å². The molecule has 1 saturated heterocycles. The van der Waals surface area contributed by atoms with Gasteiger partial charge in [-0.2, -0.15) is 5.10 Å². The maximum absolute atomic E-state index is 12.1. The van der Waals surface area contributed by atoms with E-state index in [1.54, 1.807) is 10.9 Å². The predicted molar refractivity (Wildman–Crippen MR) is 86.1 cm³/mol. The van der Waals surface area contributed by atoms with Gasteiger partial charge in [0.25, 0.3) is 0 Å². The Kier molecular flexibility index (Phi) is 4.71. The predicted octanol–water partition coefficient (Wildman–Crippen LogP) is 1.20. The van der Waals surface area contributed by atoms with Gasteiger partial charge in [0.05, 0.1) is 12.1 Å². The van der Waals surface area contributed by atoms with Crippen LogP contribution in [0.3, 0.4) is 0 Å². The zero-order valence-corrected chi connectivity index (χ0v) is 12.9. The second kappa shape index (κ2) is 7.09. The Morgan fingerprint density at radius 3 is 2.87 bits per heavy atom. The Labute approximate surface area is 134 Å². The molecule has 3 rings (SSSR count). The second-order valence-corrected chi connectivity index (χ2v) is 5.70. The van der Waals surface area contributed by atoms with Gasteiger partial charge in [0, 0.05) is 18.9 Å². The molecule has 6 heteroatoms. The van der Waals surface area contributed by atoms with E-state index in [-0.39, 0.29) is 18.2 Å². The Morgan fingerprint density at radius 2 is 2.13 bits per heavy atom. The van der Waals surface area contributed by atoms with Crippen molar-refractivity contribution in [3.05, 3.63) is 48.3 Å². The van der Waals surface area contributed by atoms with Gasteiger partial charge >= 0.3 is 0 Å². The smallest absolute Gasteiger partial charge is 0.242 e. The molecule has 0 radical (unpaired) electrons. The highest BCUT2D eigenvalue weighted by Crippen LogP contribution is 2.10. The van der Waals surface area contributed by atoms with Crippen LogP contribution in [0.2, 0.25) is 0 Å². The molecule has 1 fully saturated rings. The molecule has 1 atom stereocenters. The number of hydrogen-bond donors (Lipinski definition) is 2. The van der Waals surface area contributed by atoms with E-state index in [2.05, 4.69) is 15.7 Å². The molecular weight excluding hydrogens is 292 g/mol. The molecule has 2 heterocycles. The minimum atomic E-state index is -0.409. The van der Waals surface area contributed by atoms with E-state index in [1.165, 1.54) is 0 Å². The van der Waals surface area contributed by atoms with Gasteiger partial charge in [0.2, 0.25) is 11.8 Å². The van der Waals surface area contributed by atoms with Crippen molar-refractivity contribution in [2.24, 2.45) is 0 Å². The number of carbonyl (C=O) groups excluding carboxylic acids is 2. The molecule has 120 valence electrons. The molecule has 0 bridgehead atoms. The molecule has 1 aromatic heterocycles. The number of nitrogens with zero attached hydrogens (tertiary/aromatic N) is 2. The van der Waals surface area contributed by atoms with Crippen molar-refractivity contribution in [3.63, 3.8) is 0 Å². The second-order valence-electron chi connectivity index (χ2n) is 5.70. The minimum absolute atomic E-state index is 0.0788. The molecule has 2 amide bonds. The summed E-state index contributed by atoms with van der Waals surface area (Å²) in [5, 5.41) is 9.82. The Bertz CT molecular complexity index is 664. The lowest BCUT2D eigenvalue weighted by atomic mass is 10.1. The van der Waals surface area contributed by atoms with Crippen LogP contribution in [-0.4, -0.2) is 34.2 Å². The summed E-state index contributed by atoms with van der Waals surface area (Å²) in [7, 11) is 0. The van der Waals surface area contributed by atoms with E-state index in [9.17, 15) is 9.59 Å². The van der Waals surface area contributed by atoms with Crippen LogP contribution < -0.4 is 10.6 Å². The van der Waals surface area contributed by atoms with Crippen LogP contribution in [0.1, 0.15) is 24.8 Å². The minimum Gasteiger partial charge on any atom is -0.354 e. The highest BCUT2D eigenvalue weighted by atomic mass is 16.2. The number of nitrogens with one attached hydrogen (secondary N) is 2. The van der Waals surface area contributed by atoms with Crippen molar-refractivity contribution < 1.29 is 9.59 Å². The summed E-state index contributed by atoms with van der Waals surface area (Å²) in [5.41, 5.74) is 1.86. The summed E-state index contributed by atoms with van der Waals surface area (Å²) in [6, 6.07) is 9.11. The summed E-state index contributed by atoms with van der Waals surface area (Å²) >= 11 is 0. The van der Waals surface area contributed by atoms with E-state index in [0.717, 1.165) is 24.1 Å². The summed E-state index contributed by atoms with van der Waals surface area (Å²) in [6.07, 6.45) is 6.47. The maximum atomic E-state index is 12.1. The van der Waals surface area contributed by atoms with E-state index < -0.39 is 6.04 Å². The van der Waals surface area contributed by atoms with Crippen molar-refractivity contribution in [2.75, 3.05) is 6.54 Å². The Morgan fingerprint density at radius 1 is 1.30 bits per heavy atom. The first-order valence-corrected chi connectivity index (χ1v) is 7.88. The van der Waals surface area contributed by atoms with Crippen molar-refractivity contribution >= 4 is 11.8 Å². The summed E-state index contributed by atoms with van der Waals surface area (Å²) in [4.78, 5) is 24.0. The molecule has 1 aromatic carbocycles. The first-order chi connectivity index (χ1) is 11.2. The van der Waals surface area contributed by atoms with Crippen LogP contribution >= 0.6 is 0 Å². The fraction of sp³-hybridized carbons (Fsp3) is 0.353. The van der Waals surface area contributed by atoms with Gasteiger partial charge in [-0.1, -0.05) is 12.1 Å². The zero-order valence-electron chi connectivity index (χ0n) is 12.9. The van der Waals surface area contributed by atoms with Crippen LogP contribution in [0.25, 0.3) is 5.69 Å². The molecule has 6 nitrogen and oxygen atoms in total. The highest BCUT2D eigenvalue weighted by molar-refractivity contribution is 5.88. The molecular formula is C17H20N4O2. The average Bonchev–Trinajstić information content (AvgIpc) is 3.01. The SMILES string of the molecule is O=C(Cc1ccc(-n2cccn2)cc1)N[C@H]1CCCCNC1=O. The normalized spacial score (nSPS) is 18.1. The fourth-order valence-corrected chi connectivity index (χ4v) is 2.70. The van der Waals surface area contributed by atoms with Crippen molar-refractivity contribution in [3.8, 4) is 5.69 Å². The van der Waals surface area contributed by atoms with E-state index in [0.29, 0.717) is 13.0 Å².